The third-order valence-electron chi connectivity index (χ3n) is 2.43. The van der Waals surface area contributed by atoms with E-state index in [-0.39, 0.29) is 11.1 Å². The lowest BCUT2D eigenvalue weighted by Crippen LogP contribution is -2.15. The number of carbonyl (C=O) groups is 1. The molecule has 0 heterocycles. The Kier molecular flexibility index (Phi) is 3.76. The number of hydrogen-bond acceptors (Lipinski definition) is 1. The number of halogens is 1. The van der Waals surface area contributed by atoms with Crippen LogP contribution in [0.15, 0.2) is 29.8 Å². The maximum Gasteiger partial charge on any atom is 0.336 e. The monoisotopic (exact) mass is 232 g/mol. The van der Waals surface area contributed by atoms with Gasteiger partial charge in [-0.2, -0.15) is 0 Å². The zero-order chi connectivity index (χ0) is 13.2. The third kappa shape index (κ3) is 3.19. The molecule has 0 saturated heterocycles. The zero-order valence-corrected chi connectivity index (χ0v) is 10.1. The summed E-state index contributed by atoms with van der Waals surface area (Å²) in [6, 6.07) is 6.23. The van der Waals surface area contributed by atoms with Crippen LogP contribution in [0.3, 0.4) is 0 Å². The predicted molar refractivity (Wildman–Crippen MR) is 66.6 cm³/mol. The molecule has 88 valence electrons. The summed E-state index contributed by atoms with van der Waals surface area (Å²) in [5, 5.41) is 9.11. The van der Waals surface area contributed by atoms with Crippen LogP contribution in [0.1, 0.15) is 31.9 Å². The fraction of sp³-hybridized carbons (Fsp3) is 0.308. The van der Waals surface area contributed by atoms with Crippen molar-refractivity contribution in [2.45, 2.75) is 26.3 Å². The summed E-state index contributed by atoms with van der Waals surface area (Å²) in [7, 11) is 5.35. The number of carboxylic acids is 1. The molecule has 2 nitrogen and oxygen atoms in total. The molecule has 0 fully saturated rings. The topological polar surface area (TPSA) is 37.3 Å². The lowest BCUT2D eigenvalue weighted by Gasteiger charge is -2.16. The molecule has 0 aliphatic rings. The Morgan fingerprint density at radius 2 is 2.00 bits per heavy atom. The fourth-order valence-electron chi connectivity index (χ4n) is 1.60. The van der Waals surface area contributed by atoms with Crippen molar-refractivity contribution >= 4 is 19.4 Å². The minimum absolute atomic E-state index is 0.177. The van der Waals surface area contributed by atoms with Crippen molar-refractivity contribution < 1.29 is 14.3 Å². The molecule has 0 saturated carbocycles. The largest absolute Gasteiger partial charge is 0.478 e. The van der Waals surface area contributed by atoms with E-state index in [0.717, 1.165) is 0 Å². The highest BCUT2D eigenvalue weighted by atomic mass is 19.1. The van der Waals surface area contributed by atoms with Crippen molar-refractivity contribution in [3.05, 3.63) is 41.0 Å². The lowest BCUT2D eigenvalue weighted by atomic mass is 9.78. The molecule has 1 aromatic rings. The maximum atomic E-state index is 13.6. The van der Waals surface area contributed by atoms with Gasteiger partial charge in [-0.05, 0) is 38.0 Å². The van der Waals surface area contributed by atoms with E-state index in [1.54, 1.807) is 26.0 Å². The van der Waals surface area contributed by atoms with Gasteiger partial charge in [-0.25, -0.2) is 4.79 Å². The molecule has 4 heteroatoms. The minimum Gasteiger partial charge on any atom is -0.478 e. The molecule has 0 aliphatic heterocycles. The van der Waals surface area contributed by atoms with Crippen LogP contribution in [-0.2, 0) is 10.4 Å². The molecule has 1 N–H and O–H groups in total. The SMILES string of the molecule is [B]C(C)(F)c1cccc(C(C(=O)O)=C(C)C)c1. The molecular weight excluding hydrogens is 218 g/mol. The summed E-state index contributed by atoms with van der Waals surface area (Å²) in [4.78, 5) is 11.1. The highest BCUT2D eigenvalue weighted by Gasteiger charge is 2.20. The van der Waals surface area contributed by atoms with Crippen LogP contribution in [0.5, 0.6) is 0 Å². The van der Waals surface area contributed by atoms with Crippen molar-refractivity contribution in [3.8, 4) is 0 Å². The van der Waals surface area contributed by atoms with Crippen LogP contribution in [-0.4, -0.2) is 18.9 Å². The van der Waals surface area contributed by atoms with Crippen molar-refractivity contribution in [1.29, 1.82) is 0 Å². The first-order valence-corrected chi connectivity index (χ1v) is 5.23. The molecule has 1 rings (SSSR count). The van der Waals surface area contributed by atoms with Crippen molar-refractivity contribution in [3.63, 3.8) is 0 Å². The van der Waals surface area contributed by atoms with E-state index in [1.807, 2.05) is 0 Å². The van der Waals surface area contributed by atoms with E-state index in [2.05, 4.69) is 0 Å². The summed E-state index contributed by atoms with van der Waals surface area (Å²) in [5.41, 5.74) is -0.413. The lowest BCUT2D eigenvalue weighted by molar-refractivity contribution is -0.130. The molecule has 1 aromatic carbocycles. The summed E-state index contributed by atoms with van der Waals surface area (Å²) >= 11 is 0. The van der Waals surface area contributed by atoms with Crippen LogP contribution in [0.2, 0.25) is 0 Å². The number of rotatable bonds is 3. The first-order chi connectivity index (χ1) is 7.73. The van der Waals surface area contributed by atoms with Gasteiger partial charge in [0, 0.05) is 0 Å². The van der Waals surface area contributed by atoms with Gasteiger partial charge < -0.3 is 5.11 Å². The number of allylic oxidation sites excluding steroid dienone is 1. The second-order valence-corrected chi connectivity index (χ2v) is 4.34. The second-order valence-electron chi connectivity index (χ2n) is 4.34. The fourth-order valence-corrected chi connectivity index (χ4v) is 1.60. The van der Waals surface area contributed by atoms with E-state index in [4.69, 9.17) is 13.0 Å². The van der Waals surface area contributed by atoms with Gasteiger partial charge in [-0.1, -0.05) is 23.8 Å². The first kappa shape index (κ1) is 13.5. The first-order valence-electron chi connectivity index (χ1n) is 5.23. The predicted octanol–water partition coefficient (Wildman–Crippen LogP) is 2.88. The van der Waals surface area contributed by atoms with Gasteiger partial charge in [-0.15, -0.1) is 0 Å². The highest BCUT2D eigenvalue weighted by Crippen LogP contribution is 2.26. The summed E-state index contributed by atoms with van der Waals surface area (Å²) in [6.07, 6.45) is 0. The van der Waals surface area contributed by atoms with E-state index >= 15 is 0 Å². The van der Waals surface area contributed by atoms with Gasteiger partial charge in [-0.3, -0.25) is 4.39 Å². The third-order valence-corrected chi connectivity index (χ3v) is 2.43. The molecule has 0 aromatic heterocycles. The van der Waals surface area contributed by atoms with Crippen LogP contribution in [0.25, 0.3) is 5.57 Å². The van der Waals surface area contributed by atoms with Gasteiger partial charge in [0.25, 0.3) is 0 Å². The van der Waals surface area contributed by atoms with E-state index in [9.17, 15) is 9.18 Å². The Bertz CT molecular complexity index is 469. The maximum absolute atomic E-state index is 13.6. The Morgan fingerprint density at radius 1 is 1.41 bits per heavy atom. The number of alkyl halides is 1. The van der Waals surface area contributed by atoms with Gasteiger partial charge in [0.05, 0.1) is 11.1 Å². The van der Waals surface area contributed by atoms with Gasteiger partial charge in [0.15, 0.2) is 0 Å². The summed E-state index contributed by atoms with van der Waals surface area (Å²) < 4.78 is 13.6. The van der Waals surface area contributed by atoms with Crippen molar-refractivity contribution in [2.75, 3.05) is 0 Å². The molecule has 0 spiro atoms. The van der Waals surface area contributed by atoms with Crippen LogP contribution >= 0.6 is 0 Å². The molecule has 1 unspecified atom stereocenters. The smallest absolute Gasteiger partial charge is 0.336 e. The normalized spacial score (nSPS) is 13.9. The molecule has 0 amide bonds. The Hall–Kier alpha value is -1.58. The van der Waals surface area contributed by atoms with Gasteiger partial charge in [0.2, 0.25) is 0 Å². The van der Waals surface area contributed by atoms with E-state index in [0.29, 0.717) is 11.1 Å². The van der Waals surface area contributed by atoms with Crippen molar-refractivity contribution in [2.24, 2.45) is 0 Å². The van der Waals surface area contributed by atoms with Crippen LogP contribution in [0, 0.1) is 0 Å². The second kappa shape index (κ2) is 4.74. The Balaban J connectivity index is 3.34. The molecular formula is C13H14BFO2. The van der Waals surface area contributed by atoms with Gasteiger partial charge >= 0.3 is 5.97 Å². The molecule has 0 aliphatic carbocycles. The van der Waals surface area contributed by atoms with Crippen LogP contribution < -0.4 is 0 Å². The highest BCUT2D eigenvalue weighted by molar-refractivity contribution is 6.17. The van der Waals surface area contributed by atoms with Crippen LogP contribution in [0.4, 0.5) is 4.39 Å². The number of hydrogen-bond donors (Lipinski definition) is 1. The quantitative estimate of drug-likeness (QED) is 0.642. The van der Waals surface area contributed by atoms with Gasteiger partial charge in [0.1, 0.15) is 7.85 Å². The average Bonchev–Trinajstić information content (AvgIpc) is 2.15. The zero-order valence-electron chi connectivity index (χ0n) is 10.1. The summed E-state index contributed by atoms with van der Waals surface area (Å²) in [6.45, 7) is 4.63. The van der Waals surface area contributed by atoms with Crippen molar-refractivity contribution in [1.82, 2.24) is 0 Å². The Labute approximate surface area is 102 Å². The molecule has 17 heavy (non-hydrogen) atoms. The standard InChI is InChI=1S/C13H14BFO2/c1-8(2)11(12(16)17)9-5-4-6-10(7-9)13(3,14)15/h4-7H,1-3H3,(H,16,17). The number of benzene rings is 1. The molecule has 0 bridgehead atoms. The Morgan fingerprint density at radius 3 is 2.41 bits per heavy atom. The summed E-state index contributed by atoms with van der Waals surface area (Å²) in [5.74, 6) is -1.03. The number of aliphatic carboxylic acids is 1. The average molecular weight is 232 g/mol. The number of carboxylic acid groups (broad SMARTS) is 1. The minimum atomic E-state index is -1.97. The molecule has 1 atom stereocenters. The van der Waals surface area contributed by atoms with E-state index < -0.39 is 11.5 Å². The van der Waals surface area contributed by atoms with E-state index in [1.165, 1.54) is 19.1 Å². The molecule has 2 radical (unpaired) electrons.